The van der Waals surface area contributed by atoms with Gasteiger partial charge in [0.2, 0.25) is 17.7 Å². The number of likely N-dealkylation sites (N-methyl/N-ethyl adjacent to an activating group) is 1. The minimum absolute atomic E-state index is 0.0855. The maximum Gasteiger partial charge on any atom is 0.243 e. The Morgan fingerprint density at radius 3 is 2.34 bits per heavy atom. The topological polar surface area (TPSA) is 99.3 Å². The van der Waals surface area contributed by atoms with E-state index in [1.807, 2.05) is 30.3 Å². The first-order valence-electron chi connectivity index (χ1n) is 13.1. The van der Waals surface area contributed by atoms with Crippen molar-refractivity contribution >= 4 is 28.5 Å². The Balaban J connectivity index is 1.49. The third kappa shape index (κ3) is 6.60. The zero-order valence-corrected chi connectivity index (χ0v) is 20.6. The summed E-state index contributed by atoms with van der Waals surface area (Å²) in [6.07, 6.45) is 8.33. The third-order valence-corrected chi connectivity index (χ3v) is 7.46. The van der Waals surface area contributed by atoms with E-state index in [1.165, 1.54) is 0 Å². The number of hydrogen-bond acceptors (Lipinski definition) is 4. The van der Waals surface area contributed by atoms with Crippen molar-refractivity contribution < 1.29 is 14.4 Å². The summed E-state index contributed by atoms with van der Waals surface area (Å²) in [5, 5.41) is 14.2. The molecule has 1 saturated carbocycles. The largest absolute Gasteiger partial charge is 0.357 e. The van der Waals surface area contributed by atoms with Crippen molar-refractivity contribution in [3.8, 4) is 0 Å². The van der Waals surface area contributed by atoms with Crippen LogP contribution < -0.4 is 21.3 Å². The number of benzene rings is 2. The monoisotopic (exact) mass is 478 g/mol. The molecule has 2 aliphatic rings. The molecular weight excluding hydrogens is 440 g/mol. The van der Waals surface area contributed by atoms with Gasteiger partial charge in [-0.05, 0) is 54.5 Å². The van der Waals surface area contributed by atoms with E-state index < -0.39 is 12.1 Å². The summed E-state index contributed by atoms with van der Waals surface area (Å²) in [6, 6.07) is 12.6. The molecule has 1 saturated heterocycles. The van der Waals surface area contributed by atoms with Crippen LogP contribution in [-0.4, -0.2) is 49.4 Å². The first-order chi connectivity index (χ1) is 17.0. The van der Waals surface area contributed by atoms with Crippen LogP contribution in [0.1, 0.15) is 56.9 Å². The van der Waals surface area contributed by atoms with Gasteiger partial charge >= 0.3 is 0 Å². The fourth-order valence-corrected chi connectivity index (χ4v) is 5.44. The molecule has 35 heavy (non-hydrogen) atoms. The number of amides is 3. The van der Waals surface area contributed by atoms with Crippen LogP contribution in [0.15, 0.2) is 42.5 Å². The summed E-state index contributed by atoms with van der Waals surface area (Å²) in [5.41, 5.74) is 0.974. The molecule has 0 aromatic heterocycles. The Bertz CT molecular complexity index is 1030. The lowest BCUT2D eigenvalue weighted by Crippen LogP contribution is -2.59. The number of carbonyl (C=O) groups is 3. The minimum atomic E-state index is -0.718. The Hall–Kier alpha value is -2.93. The number of carbonyl (C=O) groups excluding carboxylic acids is 3. The van der Waals surface area contributed by atoms with Crippen LogP contribution in [0.4, 0.5) is 0 Å². The first kappa shape index (κ1) is 25.2. The van der Waals surface area contributed by atoms with Crippen molar-refractivity contribution in [2.75, 3.05) is 13.6 Å². The Morgan fingerprint density at radius 2 is 1.63 bits per heavy atom. The predicted octanol–water partition coefficient (Wildman–Crippen LogP) is 2.82. The quantitative estimate of drug-likeness (QED) is 0.469. The van der Waals surface area contributed by atoms with E-state index in [2.05, 4.69) is 33.4 Å². The fraction of sp³-hybridized carbons (Fsp3) is 0.536. The average molecular weight is 479 g/mol. The van der Waals surface area contributed by atoms with E-state index in [0.29, 0.717) is 6.42 Å². The van der Waals surface area contributed by atoms with Crippen LogP contribution in [0, 0.1) is 5.92 Å². The maximum absolute atomic E-state index is 13.6. The lowest BCUT2D eigenvalue weighted by molar-refractivity contribution is -0.134. The Morgan fingerprint density at radius 1 is 0.886 bits per heavy atom. The molecule has 4 rings (SSSR count). The van der Waals surface area contributed by atoms with Gasteiger partial charge in [-0.15, -0.1) is 0 Å². The van der Waals surface area contributed by atoms with E-state index in [0.717, 1.165) is 74.2 Å². The van der Waals surface area contributed by atoms with Crippen LogP contribution in [0.25, 0.3) is 10.8 Å². The van der Waals surface area contributed by atoms with Gasteiger partial charge in [0, 0.05) is 13.5 Å². The summed E-state index contributed by atoms with van der Waals surface area (Å²) in [5.74, 6) is -0.534. The van der Waals surface area contributed by atoms with Crippen LogP contribution in [0.3, 0.4) is 0 Å². The molecule has 1 aliphatic heterocycles. The molecule has 188 valence electrons. The van der Waals surface area contributed by atoms with E-state index in [9.17, 15) is 14.4 Å². The average Bonchev–Trinajstić information content (AvgIpc) is 2.91. The second-order valence-electron chi connectivity index (χ2n) is 9.95. The molecule has 7 heteroatoms. The summed E-state index contributed by atoms with van der Waals surface area (Å²) in [4.78, 5) is 39.3. The van der Waals surface area contributed by atoms with E-state index in [4.69, 9.17) is 0 Å². The lowest BCUT2D eigenvalue weighted by Gasteiger charge is -2.33. The Labute approximate surface area is 207 Å². The van der Waals surface area contributed by atoms with E-state index >= 15 is 0 Å². The number of rotatable bonds is 8. The lowest BCUT2D eigenvalue weighted by atomic mass is 9.83. The molecule has 2 fully saturated rings. The summed E-state index contributed by atoms with van der Waals surface area (Å²) in [7, 11) is 1.58. The summed E-state index contributed by atoms with van der Waals surface area (Å²) in [6.45, 7) is 0.822. The number of nitrogens with one attached hydrogen (secondary N) is 4. The minimum Gasteiger partial charge on any atom is -0.357 e. The summed E-state index contributed by atoms with van der Waals surface area (Å²) >= 11 is 0. The highest BCUT2D eigenvalue weighted by Crippen LogP contribution is 2.27. The molecule has 7 nitrogen and oxygen atoms in total. The maximum atomic E-state index is 13.6. The molecule has 1 aliphatic carbocycles. The van der Waals surface area contributed by atoms with Crippen molar-refractivity contribution in [3.63, 3.8) is 0 Å². The number of fused-ring (bicyclic) bond motifs is 1. The van der Waals surface area contributed by atoms with Gasteiger partial charge in [-0.25, -0.2) is 0 Å². The zero-order chi connectivity index (χ0) is 24.6. The molecule has 2 aromatic carbocycles. The molecule has 1 heterocycles. The van der Waals surface area contributed by atoms with Crippen LogP contribution >= 0.6 is 0 Å². The van der Waals surface area contributed by atoms with Gasteiger partial charge < -0.3 is 21.3 Å². The molecule has 3 atom stereocenters. The first-order valence-corrected chi connectivity index (χ1v) is 13.1. The highest BCUT2D eigenvalue weighted by atomic mass is 16.2. The van der Waals surface area contributed by atoms with Gasteiger partial charge in [-0.3, -0.25) is 14.4 Å². The van der Waals surface area contributed by atoms with E-state index in [1.54, 1.807) is 7.05 Å². The molecule has 2 aromatic rings. The molecule has 0 spiro atoms. The highest BCUT2D eigenvalue weighted by molar-refractivity contribution is 5.93. The Kier molecular flexibility index (Phi) is 8.74. The van der Waals surface area contributed by atoms with Crippen molar-refractivity contribution in [3.05, 3.63) is 48.0 Å². The number of hydrogen-bond donors (Lipinski definition) is 4. The SMILES string of the molecule is CNC(=O)[C@@H](Cc1ccc2ccccc2c1)NC(=O)[C@H](NC(=O)[C@@H]1CCCCN1)C1CCCCC1. The fourth-order valence-electron chi connectivity index (χ4n) is 5.44. The molecule has 0 bridgehead atoms. The van der Waals surface area contributed by atoms with Crippen LogP contribution in [0.5, 0.6) is 0 Å². The van der Waals surface area contributed by atoms with Crippen molar-refractivity contribution in [2.24, 2.45) is 5.92 Å². The van der Waals surface area contributed by atoms with Crippen molar-refractivity contribution in [1.82, 2.24) is 21.3 Å². The molecule has 0 unspecified atom stereocenters. The van der Waals surface area contributed by atoms with Gasteiger partial charge in [0.15, 0.2) is 0 Å². The standard InChI is InChI=1S/C28H38N4O3/c1-29-26(33)24(18-19-14-15-20-9-5-6-12-22(20)17-19)31-28(35)25(21-10-3-2-4-11-21)32-27(34)23-13-7-8-16-30-23/h5-6,9,12,14-15,17,21,23-25,30H,2-4,7-8,10-11,13,16,18H2,1H3,(H,29,33)(H,31,35)(H,32,34)/t23-,24+,25+/m0/s1. The predicted molar refractivity (Wildman–Crippen MR) is 138 cm³/mol. The molecule has 0 radical (unpaired) electrons. The van der Waals surface area contributed by atoms with Gasteiger partial charge in [0.05, 0.1) is 6.04 Å². The van der Waals surface area contributed by atoms with Crippen molar-refractivity contribution in [1.29, 1.82) is 0 Å². The second-order valence-corrected chi connectivity index (χ2v) is 9.95. The molecule has 3 amide bonds. The van der Waals surface area contributed by atoms with Crippen LogP contribution in [-0.2, 0) is 20.8 Å². The molecule has 4 N–H and O–H groups in total. The molecular formula is C28H38N4O3. The van der Waals surface area contributed by atoms with Gasteiger partial charge in [0.1, 0.15) is 12.1 Å². The highest BCUT2D eigenvalue weighted by Gasteiger charge is 2.35. The zero-order valence-electron chi connectivity index (χ0n) is 20.6. The van der Waals surface area contributed by atoms with Gasteiger partial charge in [0.25, 0.3) is 0 Å². The van der Waals surface area contributed by atoms with Crippen molar-refractivity contribution in [2.45, 2.75) is 75.9 Å². The summed E-state index contributed by atoms with van der Waals surface area (Å²) < 4.78 is 0. The smallest absolute Gasteiger partial charge is 0.243 e. The third-order valence-electron chi connectivity index (χ3n) is 7.46. The normalized spacial score (nSPS) is 20.5. The van der Waals surface area contributed by atoms with Gasteiger partial charge in [-0.1, -0.05) is 68.1 Å². The van der Waals surface area contributed by atoms with E-state index in [-0.39, 0.29) is 29.7 Å². The number of piperidine rings is 1. The second kappa shape index (κ2) is 12.2. The van der Waals surface area contributed by atoms with Gasteiger partial charge in [-0.2, -0.15) is 0 Å². The van der Waals surface area contributed by atoms with Crippen LogP contribution in [0.2, 0.25) is 0 Å².